The van der Waals surface area contributed by atoms with Gasteiger partial charge in [-0.3, -0.25) is 0 Å². The molecular weight excluding hydrogens is 298 g/mol. The quantitative estimate of drug-likeness (QED) is 0.691. The van der Waals surface area contributed by atoms with E-state index in [0.29, 0.717) is 6.61 Å². The summed E-state index contributed by atoms with van der Waals surface area (Å²) in [7, 11) is 0. The summed E-state index contributed by atoms with van der Waals surface area (Å²) >= 11 is 5.88. The SMILES string of the molecule is OCCCCNCc1ccccc1OCc1ccc(Cl)cc1. The molecule has 0 atom stereocenters. The van der Waals surface area contributed by atoms with Crippen LogP contribution in [0, 0.1) is 0 Å². The normalized spacial score (nSPS) is 10.6. The summed E-state index contributed by atoms with van der Waals surface area (Å²) in [6.45, 7) is 2.44. The van der Waals surface area contributed by atoms with Crippen LogP contribution in [0.25, 0.3) is 0 Å². The van der Waals surface area contributed by atoms with E-state index in [-0.39, 0.29) is 6.61 Å². The Labute approximate surface area is 136 Å². The molecule has 0 unspecified atom stereocenters. The first-order valence-corrected chi connectivity index (χ1v) is 7.94. The van der Waals surface area contributed by atoms with Crippen molar-refractivity contribution in [2.45, 2.75) is 26.0 Å². The molecular formula is C18H22ClNO2. The van der Waals surface area contributed by atoms with E-state index >= 15 is 0 Å². The summed E-state index contributed by atoms with van der Waals surface area (Å²) in [6.07, 6.45) is 1.81. The lowest BCUT2D eigenvalue weighted by atomic mass is 10.2. The van der Waals surface area contributed by atoms with Crippen molar-refractivity contribution in [1.29, 1.82) is 0 Å². The number of unbranched alkanes of at least 4 members (excludes halogenated alkanes) is 1. The van der Waals surface area contributed by atoms with Crippen molar-refractivity contribution in [3.63, 3.8) is 0 Å². The molecule has 4 heteroatoms. The molecule has 0 aliphatic carbocycles. The first kappa shape index (κ1) is 16.8. The average Bonchev–Trinajstić information content (AvgIpc) is 2.55. The van der Waals surface area contributed by atoms with Gasteiger partial charge >= 0.3 is 0 Å². The number of hydrogen-bond acceptors (Lipinski definition) is 3. The van der Waals surface area contributed by atoms with Crippen LogP contribution in [-0.4, -0.2) is 18.3 Å². The van der Waals surface area contributed by atoms with Crippen molar-refractivity contribution in [2.24, 2.45) is 0 Å². The van der Waals surface area contributed by atoms with Crippen LogP contribution < -0.4 is 10.1 Å². The van der Waals surface area contributed by atoms with Crippen molar-refractivity contribution < 1.29 is 9.84 Å². The Morgan fingerprint density at radius 3 is 2.55 bits per heavy atom. The van der Waals surface area contributed by atoms with Crippen LogP contribution in [0.5, 0.6) is 5.75 Å². The van der Waals surface area contributed by atoms with Crippen molar-refractivity contribution >= 4 is 11.6 Å². The summed E-state index contributed by atoms with van der Waals surface area (Å²) in [5.41, 5.74) is 2.23. The van der Waals surface area contributed by atoms with E-state index in [4.69, 9.17) is 21.4 Å². The van der Waals surface area contributed by atoms with Crippen molar-refractivity contribution in [3.05, 3.63) is 64.7 Å². The molecule has 0 amide bonds. The van der Waals surface area contributed by atoms with Gasteiger partial charge in [0.25, 0.3) is 0 Å². The minimum atomic E-state index is 0.252. The molecule has 0 bridgehead atoms. The second-order valence-corrected chi connectivity index (χ2v) is 5.57. The zero-order valence-electron chi connectivity index (χ0n) is 12.6. The first-order valence-electron chi connectivity index (χ1n) is 7.56. The largest absolute Gasteiger partial charge is 0.489 e. The number of aliphatic hydroxyl groups excluding tert-OH is 1. The second-order valence-electron chi connectivity index (χ2n) is 5.13. The maximum Gasteiger partial charge on any atom is 0.124 e. The van der Waals surface area contributed by atoms with Gasteiger partial charge in [0.05, 0.1) is 0 Å². The van der Waals surface area contributed by atoms with Gasteiger partial charge in [0, 0.05) is 23.7 Å². The third-order valence-electron chi connectivity index (χ3n) is 3.36. The third kappa shape index (κ3) is 5.68. The molecule has 2 aromatic carbocycles. The molecule has 0 spiro atoms. The van der Waals surface area contributed by atoms with E-state index in [1.165, 1.54) is 0 Å². The molecule has 0 aliphatic heterocycles. The molecule has 2 N–H and O–H groups in total. The highest BCUT2D eigenvalue weighted by Crippen LogP contribution is 2.19. The molecule has 3 nitrogen and oxygen atoms in total. The number of ether oxygens (including phenoxy) is 1. The lowest BCUT2D eigenvalue weighted by Crippen LogP contribution is -2.15. The Balaban J connectivity index is 1.86. The van der Waals surface area contributed by atoms with Crippen LogP contribution in [0.1, 0.15) is 24.0 Å². The van der Waals surface area contributed by atoms with Crippen LogP contribution >= 0.6 is 11.6 Å². The average molecular weight is 320 g/mol. The fraction of sp³-hybridized carbons (Fsp3) is 0.333. The molecule has 0 radical (unpaired) electrons. The van der Waals surface area contributed by atoms with E-state index in [1.807, 2.05) is 42.5 Å². The van der Waals surface area contributed by atoms with Gasteiger partial charge in [0.2, 0.25) is 0 Å². The number of nitrogens with one attached hydrogen (secondary N) is 1. The van der Waals surface area contributed by atoms with Gasteiger partial charge in [-0.25, -0.2) is 0 Å². The number of rotatable bonds is 9. The highest BCUT2D eigenvalue weighted by Gasteiger charge is 2.03. The fourth-order valence-corrected chi connectivity index (χ4v) is 2.24. The summed E-state index contributed by atoms with van der Waals surface area (Å²) < 4.78 is 5.92. The van der Waals surface area contributed by atoms with Gasteiger partial charge in [-0.05, 0) is 43.1 Å². The molecule has 0 aromatic heterocycles. The highest BCUT2D eigenvalue weighted by molar-refractivity contribution is 6.30. The number of hydrogen-bond donors (Lipinski definition) is 2. The van der Waals surface area contributed by atoms with Crippen LogP contribution in [0.4, 0.5) is 0 Å². The number of para-hydroxylation sites is 1. The van der Waals surface area contributed by atoms with Gasteiger partial charge < -0.3 is 15.2 Å². The molecule has 118 valence electrons. The lowest BCUT2D eigenvalue weighted by molar-refractivity contribution is 0.283. The summed E-state index contributed by atoms with van der Waals surface area (Å²) in [4.78, 5) is 0. The van der Waals surface area contributed by atoms with Gasteiger partial charge in [0.1, 0.15) is 12.4 Å². The monoisotopic (exact) mass is 319 g/mol. The maximum absolute atomic E-state index is 8.77. The Bertz CT molecular complexity index is 557. The maximum atomic E-state index is 8.77. The van der Waals surface area contributed by atoms with Crippen LogP contribution in [0.2, 0.25) is 5.02 Å². The second kappa shape index (κ2) is 9.46. The van der Waals surface area contributed by atoms with Gasteiger partial charge in [-0.1, -0.05) is 41.9 Å². The van der Waals surface area contributed by atoms with Crippen molar-refractivity contribution in [2.75, 3.05) is 13.2 Å². The van der Waals surface area contributed by atoms with E-state index in [0.717, 1.165) is 47.8 Å². The summed E-state index contributed by atoms with van der Waals surface area (Å²) in [5, 5.41) is 12.9. The van der Waals surface area contributed by atoms with Crippen LogP contribution in [0.15, 0.2) is 48.5 Å². The predicted molar refractivity (Wildman–Crippen MR) is 90.3 cm³/mol. The number of aliphatic hydroxyl groups is 1. The molecule has 0 saturated heterocycles. The Hall–Kier alpha value is -1.55. The number of halogens is 1. The molecule has 0 aliphatic rings. The van der Waals surface area contributed by atoms with E-state index < -0.39 is 0 Å². The van der Waals surface area contributed by atoms with Gasteiger partial charge in [-0.2, -0.15) is 0 Å². The zero-order chi connectivity index (χ0) is 15.6. The minimum absolute atomic E-state index is 0.252. The molecule has 22 heavy (non-hydrogen) atoms. The minimum Gasteiger partial charge on any atom is -0.489 e. The first-order chi connectivity index (χ1) is 10.8. The highest BCUT2D eigenvalue weighted by atomic mass is 35.5. The topological polar surface area (TPSA) is 41.5 Å². The standard InChI is InChI=1S/C18H22ClNO2/c19-17-9-7-15(8-10-17)14-22-18-6-2-1-5-16(18)13-20-11-3-4-12-21/h1-2,5-10,20-21H,3-4,11-14H2. The molecule has 2 rings (SSSR count). The predicted octanol–water partition coefficient (Wildman–Crippen LogP) is 3.78. The van der Waals surface area contributed by atoms with E-state index in [1.54, 1.807) is 0 Å². The molecule has 2 aromatic rings. The third-order valence-corrected chi connectivity index (χ3v) is 3.61. The van der Waals surface area contributed by atoms with E-state index in [2.05, 4.69) is 11.4 Å². The van der Waals surface area contributed by atoms with Crippen molar-refractivity contribution in [3.8, 4) is 5.75 Å². The Morgan fingerprint density at radius 2 is 1.77 bits per heavy atom. The molecule has 0 heterocycles. The van der Waals surface area contributed by atoms with Crippen LogP contribution in [-0.2, 0) is 13.2 Å². The van der Waals surface area contributed by atoms with Gasteiger partial charge in [0.15, 0.2) is 0 Å². The molecule has 0 fully saturated rings. The molecule has 0 saturated carbocycles. The Kier molecular flexibility index (Phi) is 7.23. The van der Waals surface area contributed by atoms with Crippen molar-refractivity contribution in [1.82, 2.24) is 5.32 Å². The number of benzene rings is 2. The summed E-state index contributed by atoms with van der Waals surface area (Å²) in [6, 6.07) is 15.7. The smallest absolute Gasteiger partial charge is 0.124 e. The van der Waals surface area contributed by atoms with Crippen LogP contribution in [0.3, 0.4) is 0 Å². The fourth-order valence-electron chi connectivity index (χ4n) is 2.12. The van der Waals surface area contributed by atoms with E-state index in [9.17, 15) is 0 Å². The summed E-state index contributed by atoms with van der Waals surface area (Å²) in [5.74, 6) is 0.895. The lowest BCUT2D eigenvalue weighted by Gasteiger charge is -2.12. The zero-order valence-corrected chi connectivity index (χ0v) is 13.4. The van der Waals surface area contributed by atoms with Gasteiger partial charge in [-0.15, -0.1) is 0 Å². The Morgan fingerprint density at radius 1 is 1.00 bits per heavy atom.